The topological polar surface area (TPSA) is 30.3 Å². The molecule has 1 rings (SSSR count). The summed E-state index contributed by atoms with van der Waals surface area (Å²) in [4.78, 5) is 2.41. The van der Waals surface area contributed by atoms with Crippen LogP contribution in [0.5, 0.6) is 0 Å². The van der Waals surface area contributed by atoms with Crippen molar-refractivity contribution in [1.29, 1.82) is 0 Å². The summed E-state index contributed by atoms with van der Waals surface area (Å²) in [5.74, 6) is 0. The molecule has 0 atom stereocenters. The Bertz CT molecular complexity index is 390. The van der Waals surface area contributed by atoms with Crippen LogP contribution in [-0.2, 0) is 24.2 Å². The van der Waals surface area contributed by atoms with Crippen LogP contribution < -0.4 is 0 Å². The fourth-order valence-corrected chi connectivity index (χ4v) is 2.78. The predicted molar refractivity (Wildman–Crippen MR) is 82.4 cm³/mol. The van der Waals surface area contributed by atoms with E-state index < -0.39 is 0 Å². The van der Waals surface area contributed by atoms with Gasteiger partial charge in [0.05, 0.1) is 22.5 Å². The first-order valence-corrected chi connectivity index (χ1v) is 7.81. The van der Waals surface area contributed by atoms with Crippen LogP contribution in [0, 0.1) is 0 Å². The highest BCUT2D eigenvalue weighted by atomic mass is 79.9. The van der Waals surface area contributed by atoms with E-state index in [9.17, 15) is 0 Å². The molecule has 0 fully saturated rings. The Labute approximate surface area is 125 Å². The number of hydrogen-bond acceptors (Lipinski definition) is 3. The molecule has 0 aliphatic rings. The Kier molecular flexibility index (Phi) is 7.04. The summed E-state index contributed by atoms with van der Waals surface area (Å²) in [6, 6.07) is 0.493. The van der Waals surface area contributed by atoms with Gasteiger partial charge in [-0.1, -0.05) is 6.92 Å². The molecule has 0 bridgehead atoms. The zero-order valence-electron chi connectivity index (χ0n) is 12.7. The highest BCUT2D eigenvalue weighted by molar-refractivity contribution is 9.10. The summed E-state index contributed by atoms with van der Waals surface area (Å²) in [6.07, 6.45) is 0.959. The first-order chi connectivity index (χ1) is 9.04. The quantitative estimate of drug-likeness (QED) is 0.733. The third-order valence-corrected chi connectivity index (χ3v) is 4.28. The van der Waals surface area contributed by atoms with Crippen LogP contribution in [0.3, 0.4) is 0 Å². The van der Waals surface area contributed by atoms with Crippen LogP contribution >= 0.6 is 15.9 Å². The number of hydrogen-bond donors (Lipinski definition) is 0. The first kappa shape index (κ1) is 16.7. The Morgan fingerprint density at radius 2 is 2.05 bits per heavy atom. The van der Waals surface area contributed by atoms with Crippen LogP contribution in [0.4, 0.5) is 0 Å². The van der Waals surface area contributed by atoms with Crippen molar-refractivity contribution in [3.63, 3.8) is 0 Å². The van der Waals surface area contributed by atoms with E-state index in [1.54, 1.807) is 7.11 Å². The molecule has 1 aromatic rings. The number of methoxy groups -OCH3 is 1. The van der Waals surface area contributed by atoms with Gasteiger partial charge in [-0.25, -0.2) is 0 Å². The van der Waals surface area contributed by atoms with Gasteiger partial charge in [-0.3, -0.25) is 9.58 Å². The van der Waals surface area contributed by atoms with E-state index in [2.05, 4.69) is 58.3 Å². The lowest BCUT2D eigenvalue weighted by molar-refractivity contribution is 0.122. The van der Waals surface area contributed by atoms with Crippen LogP contribution in [0.2, 0.25) is 0 Å². The average molecular weight is 332 g/mol. The molecule has 0 spiro atoms. The predicted octanol–water partition coefficient (Wildman–Crippen LogP) is 3.08. The largest absolute Gasteiger partial charge is 0.383 e. The fourth-order valence-electron chi connectivity index (χ4n) is 2.09. The smallest absolute Gasteiger partial charge is 0.0767 e. The van der Waals surface area contributed by atoms with Crippen molar-refractivity contribution in [3.05, 3.63) is 15.9 Å². The van der Waals surface area contributed by atoms with E-state index in [0.29, 0.717) is 6.04 Å². The summed E-state index contributed by atoms with van der Waals surface area (Å²) in [5.41, 5.74) is 2.41. The molecule has 4 nitrogen and oxygen atoms in total. The van der Waals surface area contributed by atoms with E-state index in [-0.39, 0.29) is 0 Å². The molecule has 0 N–H and O–H groups in total. The number of halogens is 1. The van der Waals surface area contributed by atoms with Crippen molar-refractivity contribution in [2.45, 2.75) is 53.2 Å². The monoisotopic (exact) mass is 331 g/mol. The fraction of sp³-hybridized carbons (Fsp3) is 0.786. The minimum atomic E-state index is 0.493. The van der Waals surface area contributed by atoms with Crippen molar-refractivity contribution in [2.75, 3.05) is 20.3 Å². The SMILES string of the molecule is CCc1nn(CC)c(CN(CCOC)C(C)C)c1Br. The minimum absolute atomic E-state index is 0.493. The van der Waals surface area contributed by atoms with E-state index in [4.69, 9.17) is 4.74 Å². The number of ether oxygens (including phenoxy) is 1. The van der Waals surface area contributed by atoms with Crippen LogP contribution in [0.15, 0.2) is 4.47 Å². The molecule has 110 valence electrons. The third-order valence-electron chi connectivity index (χ3n) is 3.36. The van der Waals surface area contributed by atoms with Gasteiger partial charge in [0.15, 0.2) is 0 Å². The molecule has 5 heteroatoms. The van der Waals surface area contributed by atoms with Gasteiger partial charge in [0.25, 0.3) is 0 Å². The summed E-state index contributed by atoms with van der Waals surface area (Å²) >= 11 is 3.71. The van der Waals surface area contributed by atoms with Gasteiger partial charge in [-0.05, 0) is 43.1 Å². The maximum Gasteiger partial charge on any atom is 0.0767 e. The Morgan fingerprint density at radius 1 is 1.37 bits per heavy atom. The first-order valence-electron chi connectivity index (χ1n) is 7.02. The molecule has 1 aromatic heterocycles. The highest BCUT2D eigenvalue weighted by Gasteiger charge is 2.18. The second kappa shape index (κ2) is 8.02. The lowest BCUT2D eigenvalue weighted by atomic mass is 10.2. The van der Waals surface area contributed by atoms with Gasteiger partial charge in [0.2, 0.25) is 0 Å². The summed E-state index contributed by atoms with van der Waals surface area (Å²) in [7, 11) is 1.75. The van der Waals surface area contributed by atoms with E-state index in [1.807, 2.05) is 0 Å². The molecular weight excluding hydrogens is 306 g/mol. The van der Waals surface area contributed by atoms with E-state index in [0.717, 1.165) is 38.4 Å². The standard InChI is InChI=1S/C14H26BrN3O/c1-6-12-14(15)13(18(7-2)16-12)10-17(11(3)4)8-9-19-5/h11H,6-10H2,1-5H3. The van der Waals surface area contributed by atoms with E-state index in [1.165, 1.54) is 10.2 Å². The zero-order valence-corrected chi connectivity index (χ0v) is 14.3. The second-order valence-electron chi connectivity index (χ2n) is 4.93. The van der Waals surface area contributed by atoms with Gasteiger partial charge >= 0.3 is 0 Å². The number of aryl methyl sites for hydroxylation is 2. The van der Waals surface area contributed by atoms with Crippen molar-refractivity contribution >= 4 is 15.9 Å². The maximum absolute atomic E-state index is 5.20. The van der Waals surface area contributed by atoms with Crippen molar-refractivity contribution < 1.29 is 4.74 Å². The summed E-state index contributed by atoms with van der Waals surface area (Å²) < 4.78 is 8.47. The lowest BCUT2D eigenvalue weighted by Gasteiger charge is -2.26. The number of aromatic nitrogens is 2. The molecule has 0 amide bonds. The van der Waals surface area contributed by atoms with E-state index >= 15 is 0 Å². The van der Waals surface area contributed by atoms with Crippen molar-refractivity contribution in [1.82, 2.24) is 14.7 Å². The summed E-state index contributed by atoms with van der Waals surface area (Å²) in [6.45, 7) is 12.2. The molecule has 0 aliphatic heterocycles. The highest BCUT2D eigenvalue weighted by Crippen LogP contribution is 2.24. The number of nitrogens with zero attached hydrogens (tertiary/aromatic N) is 3. The molecule has 19 heavy (non-hydrogen) atoms. The number of rotatable bonds is 8. The Balaban J connectivity index is 2.91. The van der Waals surface area contributed by atoms with Crippen LogP contribution in [-0.4, -0.2) is 41.0 Å². The van der Waals surface area contributed by atoms with Gasteiger partial charge in [0.1, 0.15) is 0 Å². The normalized spacial score (nSPS) is 11.8. The van der Waals surface area contributed by atoms with Crippen molar-refractivity contribution in [2.24, 2.45) is 0 Å². The van der Waals surface area contributed by atoms with Gasteiger partial charge < -0.3 is 4.74 Å². The molecule has 0 aliphatic carbocycles. The third kappa shape index (κ3) is 4.29. The molecule has 0 unspecified atom stereocenters. The molecule has 0 saturated heterocycles. The van der Waals surface area contributed by atoms with Gasteiger partial charge in [0, 0.05) is 32.8 Å². The van der Waals surface area contributed by atoms with Gasteiger partial charge in [-0.2, -0.15) is 5.10 Å². The Morgan fingerprint density at radius 3 is 2.53 bits per heavy atom. The average Bonchev–Trinajstić information content (AvgIpc) is 2.70. The molecule has 1 heterocycles. The second-order valence-corrected chi connectivity index (χ2v) is 5.73. The molecule has 0 saturated carbocycles. The minimum Gasteiger partial charge on any atom is -0.383 e. The molecular formula is C14H26BrN3O. The lowest BCUT2D eigenvalue weighted by Crippen LogP contribution is -2.34. The molecule has 0 radical (unpaired) electrons. The Hall–Kier alpha value is -0.390. The van der Waals surface area contributed by atoms with Crippen molar-refractivity contribution in [3.8, 4) is 0 Å². The summed E-state index contributed by atoms with van der Waals surface area (Å²) in [5, 5.41) is 4.65. The zero-order chi connectivity index (χ0) is 14.4. The molecule has 0 aromatic carbocycles. The van der Waals surface area contributed by atoms with Gasteiger partial charge in [-0.15, -0.1) is 0 Å². The van der Waals surface area contributed by atoms with Crippen LogP contribution in [0.25, 0.3) is 0 Å². The van der Waals surface area contributed by atoms with Crippen LogP contribution in [0.1, 0.15) is 39.1 Å². The maximum atomic E-state index is 5.20.